The van der Waals surface area contributed by atoms with Gasteiger partial charge in [0.05, 0.1) is 11.5 Å². The first kappa shape index (κ1) is 18.8. The van der Waals surface area contributed by atoms with Crippen molar-refractivity contribution < 1.29 is 9.72 Å². The Labute approximate surface area is 158 Å². The van der Waals surface area contributed by atoms with Gasteiger partial charge in [0.25, 0.3) is 0 Å². The summed E-state index contributed by atoms with van der Waals surface area (Å²) in [5.74, 6) is 0.344. The first-order valence-corrected chi connectivity index (χ1v) is 9.03. The normalized spacial score (nSPS) is 14.8. The molecule has 2 aromatic rings. The highest BCUT2D eigenvalue weighted by Crippen LogP contribution is 2.25. The minimum Gasteiger partial charge on any atom is -0.348 e. The fourth-order valence-electron chi connectivity index (χ4n) is 3.24. The van der Waals surface area contributed by atoms with Gasteiger partial charge < -0.3 is 10.2 Å². The monoisotopic (exact) mass is 369 g/mol. The number of aromatic nitrogens is 1. The summed E-state index contributed by atoms with van der Waals surface area (Å²) in [6.45, 7) is 4.84. The molecule has 1 saturated heterocycles. The Bertz CT molecular complexity index is 818. The van der Waals surface area contributed by atoms with Crippen molar-refractivity contribution in [1.29, 1.82) is 0 Å². The van der Waals surface area contributed by atoms with Crippen molar-refractivity contribution in [2.24, 2.45) is 0 Å². The maximum absolute atomic E-state index is 12.4. The van der Waals surface area contributed by atoms with Crippen molar-refractivity contribution >= 4 is 23.1 Å². The van der Waals surface area contributed by atoms with E-state index in [4.69, 9.17) is 0 Å². The first-order valence-electron chi connectivity index (χ1n) is 9.03. The lowest BCUT2D eigenvalue weighted by molar-refractivity contribution is -0.384. The number of amides is 1. The van der Waals surface area contributed by atoms with Crippen molar-refractivity contribution in [1.82, 2.24) is 9.88 Å². The minimum atomic E-state index is -0.409. The molecule has 0 radical (unpaired) electrons. The van der Waals surface area contributed by atoms with E-state index in [1.165, 1.54) is 6.07 Å². The van der Waals surface area contributed by atoms with Gasteiger partial charge in [0.1, 0.15) is 0 Å². The van der Waals surface area contributed by atoms with E-state index >= 15 is 0 Å². The lowest BCUT2D eigenvalue weighted by Crippen LogP contribution is -2.49. The number of rotatable bonds is 6. The van der Waals surface area contributed by atoms with Crippen LogP contribution in [0.3, 0.4) is 0 Å². The molecule has 8 nitrogen and oxygen atoms in total. The molecule has 1 aliphatic heterocycles. The minimum absolute atomic E-state index is 0.0138. The number of benzene rings is 1. The molecule has 0 spiro atoms. The van der Waals surface area contributed by atoms with E-state index in [-0.39, 0.29) is 11.6 Å². The van der Waals surface area contributed by atoms with Crippen LogP contribution < -0.4 is 10.2 Å². The topological polar surface area (TPSA) is 91.6 Å². The van der Waals surface area contributed by atoms with E-state index in [0.29, 0.717) is 38.5 Å². The van der Waals surface area contributed by atoms with Crippen LogP contribution in [0.2, 0.25) is 0 Å². The average molecular weight is 369 g/mol. The third-order valence-electron chi connectivity index (χ3n) is 4.67. The fraction of sp³-hybridized carbons (Fsp3) is 0.368. The molecule has 142 valence electrons. The van der Waals surface area contributed by atoms with Crippen molar-refractivity contribution in [2.75, 3.05) is 42.9 Å². The van der Waals surface area contributed by atoms with Crippen LogP contribution in [0, 0.1) is 10.1 Å². The van der Waals surface area contributed by atoms with E-state index in [1.54, 1.807) is 12.3 Å². The molecule has 1 aromatic heterocycles. The van der Waals surface area contributed by atoms with Crippen molar-refractivity contribution in [3.8, 4) is 0 Å². The number of hydrogen-bond donors (Lipinski definition) is 1. The van der Waals surface area contributed by atoms with Crippen LogP contribution in [0.1, 0.15) is 12.5 Å². The second-order valence-corrected chi connectivity index (χ2v) is 6.43. The molecule has 0 unspecified atom stereocenters. The number of carbonyl (C=O) groups excluding carboxylic acids is 1. The molecule has 1 amide bonds. The molecule has 0 atom stereocenters. The van der Waals surface area contributed by atoms with Crippen LogP contribution in [0.25, 0.3) is 0 Å². The predicted octanol–water partition coefficient (Wildman–Crippen LogP) is 2.31. The number of pyridine rings is 1. The summed E-state index contributed by atoms with van der Waals surface area (Å²) in [5, 5.41) is 14.2. The van der Waals surface area contributed by atoms with Gasteiger partial charge in [-0.05, 0) is 24.1 Å². The highest BCUT2D eigenvalue weighted by Gasteiger charge is 2.25. The summed E-state index contributed by atoms with van der Waals surface area (Å²) in [6.07, 6.45) is 2.42. The van der Waals surface area contributed by atoms with Gasteiger partial charge in [0, 0.05) is 44.1 Å². The van der Waals surface area contributed by atoms with Gasteiger partial charge in [-0.1, -0.05) is 25.1 Å². The molecule has 1 aliphatic rings. The number of para-hydroxylation sites is 1. The van der Waals surface area contributed by atoms with Gasteiger partial charge in [0.15, 0.2) is 0 Å². The summed E-state index contributed by atoms with van der Waals surface area (Å²) in [7, 11) is 0. The second-order valence-electron chi connectivity index (χ2n) is 6.43. The summed E-state index contributed by atoms with van der Waals surface area (Å²) < 4.78 is 0. The Hall–Kier alpha value is -3.00. The third-order valence-corrected chi connectivity index (χ3v) is 4.67. The zero-order valence-corrected chi connectivity index (χ0v) is 15.3. The molecule has 3 rings (SSSR count). The highest BCUT2D eigenvalue weighted by molar-refractivity contribution is 5.93. The number of piperazine rings is 1. The maximum atomic E-state index is 12.4. The maximum Gasteiger partial charge on any atom is 0.311 e. The molecule has 0 bridgehead atoms. The molecule has 2 heterocycles. The number of nitro groups is 1. The Balaban J connectivity index is 1.55. The van der Waals surface area contributed by atoms with E-state index in [9.17, 15) is 14.9 Å². The molecular formula is C19H23N5O3. The molecule has 1 N–H and O–H groups in total. The van der Waals surface area contributed by atoms with E-state index in [0.717, 1.165) is 17.7 Å². The second kappa shape index (κ2) is 8.59. The number of nitrogens with zero attached hydrogens (tertiary/aromatic N) is 4. The largest absolute Gasteiger partial charge is 0.348 e. The van der Waals surface area contributed by atoms with Crippen LogP contribution in [0.4, 0.5) is 17.2 Å². The summed E-state index contributed by atoms with van der Waals surface area (Å²) in [4.78, 5) is 31.3. The first-order chi connectivity index (χ1) is 13.1. The molecular weight excluding hydrogens is 346 g/mol. The van der Waals surface area contributed by atoms with Crippen LogP contribution in [0.15, 0.2) is 42.6 Å². The van der Waals surface area contributed by atoms with Gasteiger partial charge in [0.2, 0.25) is 11.7 Å². The highest BCUT2D eigenvalue weighted by atomic mass is 16.6. The smallest absolute Gasteiger partial charge is 0.311 e. The SMILES string of the molecule is CCc1ccccc1NC(=O)CN1CCN(c2ncccc2[N+](=O)[O-])CC1. The lowest BCUT2D eigenvalue weighted by Gasteiger charge is -2.34. The number of aryl methyl sites for hydroxylation is 1. The van der Waals surface area contributed by atoms with Gasteiger partial charge in [-0.3, -0.25) is 19.8 Å². The van der Waals surface area contributed by atoms with Gasteiger partial charge in [-0.2, -0.15) is 0 Å². The molecule has 1 fully saturated rings. The van der Waals surface area contributed by atoms with E-state index < -0.39 is 4.92 Å². The predicted molar refractivity (Wildman–Crippen MR) is 104 cm³/mol. The molecule has 27 heavy (non-hydrogen) atoms. The number of anilines is 2. The fourth-order valence-corrected chi connectivity index (χ4v) is 3.24. The Morgan fingerprint density at radius 1 is 1.19 bits per heavy atom. The zero-order chi connectivity index (χ0) is 19.2. The van der Waals surface area contributed by atoms with E-state index in [2.05, 4.69) is 22.1 Å². The summed E-state index contributed by atoms with van der Waals surface area (Å²) in [5.41, 5.74) is 1.98. The third kappa shape index (κ3) is 4.59. The van der Waals surface area contributed by atoms with Crippen LogP contribution in [-0.2, 0) is 11.2 Å². The van der Waals surface area contributed by atoms with Gasteiger partial charge >= 0.3 is 5.69 Å². The van der Waals surface area contributed by atoms with Gasteiger partial charge in [-0.25, -0.2) is 4.98 Å². The Morgan fingerprint density at radius 2 is 1.93 bits per heavy atom. The summed E-state index contributed by atoms with van der Waals surface area (Å²) in [6, 6.07) is 10.8. The number of hydrogen-bond acceptors (Lipinski definition) is 6. The van der Waals surface area contributed by atoms with Crippen molar-refractivity contribution in [3.05, 3.63) is 58.3 Å². The van der Waals surface area contributed by atoms with Crippen molar-refractivity contribution in [2.45, 2.75) is 13.3 Å². The number of nitrogens with one attached hydrogen (secondary N) is 1. The zero-order valence-electron chi connectivity index (χ0n) is 15.3. The van der Waals surface area contributed by atoms with E-state index in [1.807, 2.05) is 29.2 Å². The number of carbonyl (C=O) groups is 1. The summed E-state index contributed by atoms with van der Waals surface area (Å²) >= 11 is 0. The van der Waals surface area contributed by atoms with Crippen molar-refractivity contribution in [3.63, 3.8) is 0 Å². The average Bonchev–Trinajstić information content (AvgIpc) is 2.69. The quantitative estimate of drug-likeness (QED) is 0.621. The Kier molecular flexibility index (Phi) is 5.97. The standard InChI is InChI=1S/C19H23N5O3/c1-2-15-6-3-4-7-16(15)21-18(25)14-22-10-12-23(13-11-22)19-17(24(26)27)8-5-9-20-19/h3-9H,2,10-14H2,1H3,(H,21,25). The van der Waals surface area contributed by atoms with Crippen LogP contribution in [0.5, 0.6) is 0 Å². The molecule has 0 saturated carbocycles. The van der Waals surface area contributed by atoms with Crippen LogP contribution >= 0.6 is 0 Å². The molecule has 1 aromatic carbocycles. The molecule has 0 aliphatic carbocycles. The lowest BCUT2D eigenvalue weighted by atomic mass is 10.1. The van der Waals surface area contributed by atoms with Gasteiger partial charge in [-0.15, -0.1) is 0 Å². The molecule has 8 heteroatoms. The Morgan fingerprint density at radius 3 is 2.63 bits per heavy atom. The van der Waals surface area contributed by atoms with Crippen LogP contribution in [-0.4, -0.2) is 53.4 Å².